The number of nitrogens with zero attached hydrogens (tertiary/aromatic N) is 3. The van der Waals surface area contributed by atoms with E-state index in [-0.39, 0.29) is 24.2 Å². The molecule has 1 N–H and O–H groups in total. The Balaban J connectivity index is 2.06. The van der Waals surface area contributed by atoms with Crippen molar-refractivity contribution in [1.29, 1.82) is 0 Å². The van der Waals surface area contributed by atoms with Gasteiger partial charge >= 0.3 is 5.97 Å². The van der Waals surface area contributed by atoms with Crippen molar-refractivity contribution in [3.8, 4) is 16.9 Å². The Morgan fingerprint density at radius 3 is 2.48 bits per heavy atom. The normalized spacial score (nSPS) is 10.9. The van der Waals surface area contributed by atoms with Crippen molar-refractivity contribution in [2.75, 3.05) is 6.61 Å². The van der Waals surface area contributed by atoms with Crippen LogP contribution in [0.15, 0.2) is 65.8 Å². The number of ether oxygens (including phenoxy) is 1. The van der Waals surface area contributed by atoms with Gasteiger partial charge in [0.2, 0.25) is 0 Å². The molecule has 0 bridgehead atoms. The van der Waals surface area contributed by atoms with Crippen LogP contribution in [0.25, 0.3) is 22.2 Å². The highest BCUT2D eigenvalue weighted by Crippen LogP contribution is 2.35. The van der Waals surface area contributed by atoms with E-state index in [1.54, 1.807) is 49.6 Å². The number of rotatable bonds is 5. The summed E-state index contributed by atoms with van der Waals surface area (Å²) in [6.07, 6.45) is 4.67. The molecule has 0 amide bonds. The van der Waals surface area contributed by atoms with Gasteiger partial charge in [0, 0.05) is 18.6 Å². The highest BCUT2D eigenvalue weighted by atomic mass is 19.1. The van der Waals surface area contributed by atoms with Crippen molar-refractivity contribution in [2.24, 2.45) is 0 Å². The minimum atomic E-state index is -0.927. The van der Waals surface area contributed by atoms with Gasteiger partial charge in [-0.15, -0.1) is 0 Å². The molecule has 0 fully saturated rings. The van der Waals surface area contributed by atoms with Crippen LogP contribution in [0.2, 0.25) is 0 Å². The molecule has 156 valence electrons. The third-order valence-corrected chi connectivity index (χ3v) is 4.84. The lowest BCUT2D eigenvalue weighted by molar-refractivity contribution is 0.0520. The maximum absolute atomic E-state index is 13.4. The first kappa shape index (κ1) is 20.2. The van der Waals surface area contributed by atoms with Gasteiger partial charge in [0.1, 0.15) is 17.2 Å². The van der Waals surface area contributed by atoms with E-state index in [2.05, 4.69) is 9.97 Å². The maximum atomic E-state index is 13.4. The Kier molecular flexibility index (Phi) is 5.44. The van der Waals surface area contributed by atoms with Crippen LogP contribution < -0.4 is 5.56 Å². The van der Waals surface area contributed by atoms with E-state index in [0.29, 0.717) is 11.1 Å². The van der Waals surface area contributed by atoms with Crippen LogP contribution in [-0.2, 0) is 11.3 Å². The lowest BCUT2D eigenvalue weighted by Crippen LogP contribution is -2.29. The first-order chi connectivity index (χ1) is 15.0. The molecule has 31 heavy (non-hydrogen) atoms. The summed E-state index contributed by atoms with van der Waals surface area (Å²) in [4.78, 5) is 34.0. The molecular weight excluding hydrogens is 401 g/mol. The molecular formula is C23H18FN3O4. The summed E-state index contributed by atoms with van der Waals surface area (Å²) in [5, 5.41) is 11.2. The van der Waals surface area contributed by atoms with Gasteiger partial charge in [-0.2, -0.15) is 0 Å². The molecule has 0 saturated heterocycles. The van der Waals surface area contributed by atoms with Crippen molar-refractivity contribution in [2.45, 2.75) is 13.5 Å². The van der Waals surface area contributed by atoms with Gasteiger partial charge in [0.25, 0.3) is 5.56 Å². The van der Waals surface area contributed by atoms with E-state index >= 15 is 0 Å². The predicted molar refractivity (Wildman–Crippen MR) is 112 cm³/mol. The van der Waals surface area contributed by atoms with Gasteiger partial charge < -0.3 is 9.84 Å². The average Bonchev–Trinajstić information content (AvgIpc) is 2.78. The summed E-state index contributed by atoms with van der Waals surface area (Å²) >= 11 is 0. The van der Waals surface area contributed by atoms with Gasteiger partial charge in [-0.1, -0.05) is 12.1 Å². The molecule has 7 nitrogen and oxygen atoms in total. The van der Waals surface area contributed by atoms with Crippen molar-refractivity contribution in [3.05, 3.63) is 88.4 Å². The predicted octanol–water partition coefficient (Wildman–Crippen LogP) is 3.53. The molecule has 3 aromatic heterocycles. The van der Waals surface area contributed by atoms with E-state index in [1.807, 2.05) is 0 Å². The zero-order valence-electron chi connectivity index (χ0n) is 16.6. The SMILES string of the molecule is CCOC(=O)c1c(O)c2c(-c3ccc(F)cc3)ccnc2n(Cc2ccncc2)c1=O. The number of pyridine rings is 3. The van der Waals surface area contributed by atoms with E-state index in [1.165, 1.54) is 22.9 Å². The summed E-state index contributed by atoms with van der Waals surface area (Å²) < 4.78 is 19.8. The molecule has 3 heterocycles. The number of esters is 1. The minimum absolute atomic E-state index is 0.0396. The Bertz CT molecular complexity index is 1320. The molecule has 4 aromatic rings. The second kappa shape index (κ2) is 8.35. The number of hydrogen-bond donors (Lipinski definition) is 1. The third-order valence-electron chi connectivity index (χ3n) is 4.84. The van der Waals surface area contributed by atoms with Crippen molar-refractivity contribution in [3.63, 3.8) is 0 Å². The average molecular weight is 419 g/mol. The zero-order valence-corrected chi connectivity index (χ0v) is 16.6. The van der Waals surface area contributed by atoms with E-state index in [0.717, 1.165) is 5.56 Å². The quantitative estimate of drug-likeness (QED) is 0.498. The standard InChI is InChI=1S/C23H18FN3O4/c1-2-31-23(30)19-20(28)18-17(15-3-5-16(24)6-4-15)9-12-26-21(18)27(22(19)29)13-14-7-10-25-11-8-14/h3-12,28H,2,13H2,1H3. The second-order valence-corrected chi connectivity index (χ2v) is 6.75. The highest BCUT2D eigenvalue weighted by Gasteiger charge is 2.26. The summed E-state index contributed by atoms with van der Waals surface area (Å²) in [5.74, 6) is -1.85. The van der Waals surface area contributed by atoms with Crippen LogP contribution in [0.1, 0.15) is 22.8 Å². The Morgan fingerprint density at radius 2 is 1.81 bits per heavy atom. The molecule has 0 spiro atoms. The van der Waals surface area contributed by atoms with Crippen molar-refractivity contribution < 1.29 is 19.0 Å². The first-order valence-electron chi connectivity index (χ1n) is 9.57. The summed E-state index contributed by atoms with van der Waals surface area (Å²) in [5.41, 5.74) is 0.843. The van der Waals surface area contributed by atoms with Crippen LogP contribution in [0.3, 0.4) is 0 Å². The largest absolute Gasteiger partial charge is 0.506 e. The van der Waals surface area contributed by atoms with Crippen LogP contribution >= 0.6 is 0 Å². The van der Waals surface area contributed by atoms with Crippen LogP contribution in [0, 0.1) is 5.82 Å². The Labute approximate surface area is 176 Å². The van der Waals surface area contributed by atoms with E-state index in [9.17, 15) is 19.1 Å². The topological polar surface area (TPSA) is 94.3 Å². The number of fused-ring (bicyclic) bond motifs is 1. The summed E-state index contributed by atoms with van der Waals surface area (Å²) in [6, 6.07) is 10.8. The maximum Gasteiger partial charge on any atom is 0.347 e. The van der Waals surface area contributed by atoms with Gasteiger partial charge in [-0.05, 0) is 53.9 Å². The number of hydrogen-bond acceptors (Lipinski definition) is 6. The number of halogens is 1. The number of carbonyl (C=O) groups excluding carboxylic acids is 1. The Morgan fingerprint density at radius 1 is 1.10 bits per heavy atom. The molecule has 0 unspecified atom stereocenters. The van der Waals surface area contributed by atoms with E-state index < -0.39 is 28.7 Å². The summed E-state index contributed by atoms with van der Waals surface area (Å²) in [7, 11) is 0. The van der Waals surface area contributed by atoms with Crippen molar-refractivity contribution >= 4 is 17.0 Å². The van der Waals surface area contributed by atoms with Gasteiger partial charge in [0.15, 0.2) is 5.56 Å². The van der Waals surface area contributed by atoms with Gasteiger partial charge in [0.05, 0.1) is 18.5 Å². The van der Waals surface area contributed by atoms with E-state index in [4.69, 9.17) is 4.74 Å². The molecule has 0 aliphatic heterocycles. The fourth-order valence-electron chi connectivity index (χ4n) is 3.42. The lowest BCUT2D eigenvalue weighted by Gasteiger charge is -2.16. The molecule has 4 rings (SSSR count). The van der Waals surface area contributed by atoms with Gasteiger partial charge in [-0.3, -0.25) is 14.3 Å². The van der Waals surface area contributed by atoms with Gasteiger partial charge in [-0.25, -0.2) is 14.2 Å². The minimum Gasteiger partial charge on any atom is -0.506 e. The fourth-order valence-corrected chi connectivity index (χ4v) is 3.42. The summed E-state index contributed by atoms with van der Waals surface area (Å²) in [6.45, 7) is 1.75. The van der Waals surface area contributed by atoms with Crippen LogP contribution in [0.5, 0.6) is 5.75 Å². The molecule has 8 heteroatoms. The van der Waals surface area contributed by atoms with Crippen LogP contribution in [0.4, 0.5) is 4.39 Å². The zero-order chi connectivity index (χ0) is 22.0. The number of benzene rings is 1. The number of aromatic hydroxyl groups is 1. The molecule has 0 aliphatic carbocycles. The highest BCUT2D eigenvalue weighted by molar-refractivity contribution is 6.04. The monoisotopic (exact) mass is 419 g/mol. The third kappa shape index (κ3) is 3.75. The lowest BCUT2D eigenvalue weighted by atomic mass is 10.0. The first-order valence-corrected chi connectivity index (χ1v) is 9.57. The second-order valence-electron chi connectivity index (χ2n) is 6.75. The fraction of sp³-hybridized carbons (Fsp3) is 0.130. The Hall–Kier alpha value is -4.07. The molecule has 0 saturated carbocycles. The number of aromatic nitrogens is 3. The van der Waals surface area contributed by atoms with Crippen LogP contribution in [-0.4, -0.2) is 32.2 Å². The molecule has 0 aliphatic rings. The number of carbonyl (C=O) groups is 1. The molecule has 1 aromatic carbocycles. The smallest absolute Gasteiger partial charge is 0.347 e. The van der Waals surface area contributed by atoms with Crippen molar-refractivity contribution in [1.82, 2.24) is 14.5 Å². The molecule has 0 atom stereocenters. The molecule has 0 radical (unpaired) electrons.